The minimum Gasteiger partial charge on any atom is -0.452 e. The lowest BCUT2D eigenvalue weighted by atomic mass is 10.1. The Balaban J connectivity index is 1.44. The first-order chi connectivity index (χ1) is 15.2. The van der Waals surface area contributed by atoms with Crippen molar-refractivity contribution in [1.82, 2.24) is 4.90 Å². The van der Waals surface area contributed by atoms with Crippen LogP contribution < -0.4 is 0 Å². The molecule has 0 saturated heterocycles. The Morgan fingerprint density at radius 1 is 0.645 bits per heavy atom. The van der Waals surface area contributed by atoms with Crippen molar-refractivity contribution in [2.75, 3.05) is 6.61 Å². The zero-order chi connectivity index (χ0) is 21.5. The Morgan fingerprint density at radius 3 is 1.81 bits per heavy atom. The molecule has 0 atom stereocenters. The van der Waals surface area contributed by atoms with Crippen molar-refractivity contribution in [3.63, 3.8) is 0 Å². The molecule has 0 radical (unpaired) electrons. The van der Waals surface area contributed by atoms with E-state index in [9.17, 15) is 9.59 Å². The number of carbonyl (C=O) groups is 2. The first-order valence-electron chi connectivity index (χ1n) is 10.2. The standard InChI is InChI=1S/C27H23NO3/c29-26(20-31-27(30)25-16-15-23-13-7-8-14-24(23)17-25)28(18-21-9-3-1-4-10-21)19-22-11-5-2-6-12-22/h1-17H,18-20H2. The molecule has 0 heterocycles. The van der Waals surface area contributed by atoms with E-state index in [1.807, 2.05) is 91.0 Å². The summed E-state index contributed by atoms with van der Waals surface area (Å²) in [5.74, 6) is -0.736. The van der Waals surface area contributed by atoms with Crippen molar-refractivity contribution >= 4 is 22.6 Å². The number of esters is 1. The van der Waals surface area contributed by atoms with E-state index in [2.05, 4.69) is 0 Å². The van der Waals surface area contributed by atoms with E-state index in [1.165, 1.54) is 0 Å². The number of benzene rings is 4. The van der Waals surface area contributed by atoms with Gasteiger partial charge in [0.15, 0.2) is 6.61 Å². The fraction of sp³-hybridized carbons (Fsp3) is 0.111. The summed E-state index contributed by atoms with van der Waals surface area (Å²) in [7, 11) is 0. The van der Waals surface area contributed by atoms with Gasteiger partial charge in [-0.05, 0) is 34.0 Å². The highest BCUT2D eigenvalue weighted by molar-refractivity contribution is 5.96. The summed E-state index contributed by atoms with van der Waals surface area (Å²) in [6, 6.07) is 32.8. The van der Waals surface area contributed by atoms with E-state index in [4.69, 9.17) is 4.74 Å². The van der Waals surface area contributed by atoms with Crippen LogP contribution in [0.25, 0.3) is 10.8 Å². The first-order valence-corrected chi connectivity index (χ1v) is 10.2. The fourth-order valence-electron chi connectivity index (χ4n) is 3.46. The monoisotopic (exact) mass is 409 g/mol. The molecule has 0 aromatic heterocycles. The summed E-state index contributed by atoms with van der Waals surface area (Å²) in [5, 5.41) is 2.00. The molecular weight excluding hydrogens is 386 g/mol. The van der Waals surface area contributed by atoms with Crippen LogP contribution in [0.5, 0.6) is 0 Å². The van der Waals surface area contributed by atoms with E-state index in [0.717, 1.165) is 21.9 Å². The van der Waals surface area contributed by atoms with E-state index in [1.54, 1.807) is 17.0 Å². The molecule has 4 aromatic rings. The Bertz CT molecular complexity index is 1130. The highest BCUT2D eigenvalue weighted by Gasteiger charge is 2.18. The van der Waals surface area contributed by atoms with Gasteiger partial charge in [-0.2, -0.15) is 0 Å². The number of fused-ring (bicyclic) bond motifs is 1. The Morgan fingerprint density at radius 2 is 1.19 bits per heavy atom. The van der Waals surface area contributed by atoms with E-state index >= 15 is 0 Å². The summed E-state index contributed by atoms with van der Waals surface area (Å²) < 4.78 is 5.37. The smallest absolute Gasteiger partial charge is 0.338 e. The van der Waals surface area contributed by atoms with Gasteiger partial charge in [-0.3, -0.25) is 4.79 Å². The van der Waals surface area contributed by atoms with Crippen molar-refractivity contribution in [2.45, 2.75) is 13.1 Å². The quantitative estimate of drug-likeness (QED) is 0.393. The van der Waals surface area contributed by atoms with Crippen LogP contribution in [0.1, 0.15) is 21.5 Å². The summed E-state index contributed by atoms with van der Waals surface area (Å²) in [5.41, 5.74) is 2.48. The Kier molecular flexibility index (Phi) is 6.38. The maximum Gasteiger partial charge on any atom is 0.338 e. The van der Waals surface area contributed by atoms with Crippen LogP contribution in [0.4, 0.5) is 0 Å². The maximum absolute atomic E-state index is 12.9. The van der Waals surface area contributed by atoms with Gasteiger partial charge in [-0.25, -0.2) is 4.79 Å². The minimum atomic E-state index is -0.501. The van der Waals surface area contributed by atoms with Crippen LogP contribution >= 0.6 is 0 Å². The number of rotatable bonds is 7. The molecule has 0 bridgehead atoms. The van der Waals surface area contributed by atoms with E-state index in [-0.39, 0.29) is 12.5 Å². The molecular formula is C27H23NO3. The molecule has 0 unspecified atom stereocenters. The molecule has 154 valence electrons. The van der Waals surface area contributed by atoms with Crippen molar-refractivity contribution in [3.8, 4) is 0 Å². The second-order valence-electron chi connectivity index (χ2n) is 7.36. The third kappa shape index (κ3) is 5.37. The molecule has 4 aromatic carbocycles. The molecule has 0 saturated carbocycles. The van der Waals surface area contributed by atoms with Crippen molar-refractivity contribution in [1.29, 1.82) is 0 Å². The average Bonchev–Trinajstić information content (AvgIpc) is 2.83. The van der Waals surface area contributed by atoms with Gasteiger partial charge in [0.05, 0.1) is 5.56 Å². The van der Waals surface area contributed by atoms with Crippen LogP contribution in [0.3, 0.4) is 0 Å². The van der Waals surface area contributed by atoms with Crippen LogP contribution in [-0.2, 0) is 22.6 Å². The second-order valence-corrected chi connectivity index (χ2v) is 7.36. The largest absolute Gasteiger partial charge is 0.452 e. The third-order valence-electron chi connectivity index (χ3n) is 5.10. The number of amides is 1. The number of ether oxygens (including phenoxy) is 1. The molecule has 31 heavy (non-hydrogen) atoms. The van der Waals surface area contributed by atoms with Gasteiger partial charge in [0.2, 0.25) is 0 Å². The predicted molar refractivity (Wildman–Crippen MR) is 121 cm³/mol. The van der Waals surface area contributed by atoms with Crippen LogP contribution in [-0.4, -0.2) is 23.4 Å². The summed E-state index contributed by atoms with van der Waals surface area (Å²) in [6.45, 7) is 0.593. The average molecular weight is 409 g/mol. The molecule has 0 spiro atoms. The summed E-state index contributed by atoms with van der Waals surface area (Å²) in [6.07, 6.45) is 0. The van der Waals surface area contributed by atoms with Gasteiger partial charge in [0.25, 0.3) is 5.91 Å². The summed E-state index contributed by atoms with van der Waals surface area (Å²) >= 11 is 0. The number of hydrogen-bond acceptors (Lipinski definition) is 3. The van der Waals surface area contributed by atoms with Crippen molar-refractivity contribution in [3.05, 3.63) is 120 Å². The SMILES string of the molecule is O=C(OCC(=O)N(Cc1ccccc1)Cc1ccccc1)c1ccc2ccccc2c1. The molecule has 0 N–H and O–H groups in total. The van der Waals surface area contributed by atoms with Crippen molar-refractivity contribution < 1.29 is 14.3 Å². The third-order valence-corrected chi connectivity index (χ3v) is 5.10. The van der Waals surface area contributed by atoms with Crippen LogP contribution in [0.2, 0.25) is 0 Å². The predicted octanol–water partition coefficient (Wildman–Crippen LogP) is 5.23. The fourth-order valence-corrected chi connectivity index (χ4v) is 3.46. The number of carbonyl (C=O) groups excluding carboxylic acids is 2. The highest BCUT2D eigenvalue weighted by atomic mass is 16.5. The lowest BCUT2D eigenvalue weighted by Gasteiger charge is -2.23. The van der Waals surface area contributed by atoms with Gasteiger partial charge >= 0.3 is 5.97 Å². The first kappa shape index (κ1) is 20.4. The molecule has 0 aliphatic rings. The zero-order valence-corrected chi connectivity index (χ0v) is 17.1. The van der Waals surface area contributed by atoms with E-state index in [0.29, 0.717) is 18.7 Å². The topological polar surface area (TPSA) is 46.6 Å². The lowest BCUT2D eigenvalue weighted by Crippen LogP contribution is -2.33. The molecule has 0 aliphatic heterocycles. The lowest BCUT2D eigenvalue weighted by molar-refractivity contribution is -0.135. The number of nitrogens with zero attached hydrogens (tertiary/aromatic N) is 1. The van der Waals surface area contributed by atoms with Crippen molar-refractivity contribution in [2.24, 2.45) is 0 Å². The molecule has 4 heteroatoms. The second kappa shape index (κ2) is 9.72. The summed E-state index contributed by atoms with van der Waals surface area (Å²) in [4.78, 5) is 27.2. The van der Waals surface area contributed by atoms with Gasteiger partial charge in [-0.15, -0.1) is 0 Å². The molecule has 4 rings (SSSR count). The number of hydrogen-bond donors (Lipinski definition) is 0. The Hall–Kier alpha value is -3.92. The van der Waals surface area contributed by atoms with E-state index < -0.39 is 5.97 Å². The van der Waals surface area contributed by atoms with Gasteiger partial charge in [-0.1, -0.05) is 91.0 Å². The zero-order valence-electron chi connectivity index (χ0n) is 17.1. The molecule has 4 nitrogen and oxygen atoms in total. The minimum absolute atomic E-state index is 0.234. The Labute approximate surface area is 181 Å². The van der Waals surface area contributed by atoms with Gasteiger partial charge in [0, 0.05) is 13.1 Å². The maximum atomic E-state index is 12.9. The molecule has 0 aliphatic carbocycles. The van der Waals surface area contributed by atoms with Gasteiger partial charge in [0.1, 0.15) is 0 Å². The molecule has 0 fully saturated rings. The van der Waals surface area contributed by atoms with Crippen LogP contribution in [0, 0.1) is 0 Å². The normalized spacial score (nSPS) is 10.6. The molecule has 1 amide bonds. The van der Waals surface area contributed by atoms with Crippen LogP contribution in [0.15, 0.2) is 103 Å². The van der Waals surface area contributed by atoms with Gasteiger partial charge < -0.3 is 9.64 Å². The highest BCUT2D eigenvalue weighted by Crippen LogP contribution is 2.17.